The number of nitrogens with zero attached hydrogens (tertiary/aromatic N) is 2. The van der Waals surface area contributed by atoms with Crippen LogP contribution in [0.5, 0.6) is 0 Å². The zero-order chi connectivity index (χ0) is 64.7. The molecular formula is C84H110N4. The number of aryl methyl sites for hydroxylation is 2. The Labute approximate surface area is 533 Å². The summed E-state index contributed by atoms with van der Waals surface area (Å²) in [5.74, 6) is 3.85. The van der Waals surface area contributed by atoms with Crippen molar-refractivity contribution in [2.75, 3.05) is 0 Å². The highest BCUT2D eigenvalue weighted by molar-refractivity contribution is 6.06. The average molecular weight is 1180 g/mol. The normalized spacial score (nSPS) is 13.5. The number of aromatic amines is 2. The molecule has 0 atom stereocenters. The first-order chi connectivity index (χ1) is 41.2. The maximum atomic E-state index is 5.99. The molecule has 4 aromatic carbocycles. The molecular weight excluding hydrogens is 1060 g/mol. The SMILES string of the molecule is CC1=C(c2c(C(C)C)cc(C(C)C)cc2C(C)C)c2cc3[nH]c(cc4nc(cc5[nH]c(cc1n2)c(-c1c(C(C)C)cc(C(C)C)cc1C(C)C)c5C)C(c1c(C(C)C)cc(C(C)C)cc1C(C)C)=C4C)c(-c1c(C(C)C)cc(C(C)C)cc1C(C)C)c3C. The van der Waals surface area contributed by atoms with E-state index in [-0.39, 0.29) is 47.3 Å². The number of nitrogens with one attached hydrogen (secondary N) is 2. The Kier molecular flexibility index (Phi) is 19.0. The fourth-order valence-corrected chi connectivity index (χ4v) is 14.3. The van der Waals surface area contributed by atoms with Crippen molar-refractivity contribution >= 4 is 44.4 Å². The van der Waals surface area contributed by atoms with Crippen molar-refractivity contribution < 1.29 is 0 Å². The Morgan fingerprint density at radius 1 is 0.227 bits per heavy atom. The predicted octanol–water partition coefficient (Wildman–Crippen LogP) is 25.7. The molecule has 0 aliphatic carbocycles. The van der Waals surface area contributed by atoms with Crippen LogP contribution in [0.25, 0.3) is 66.6 Å². The van der Waals surface area contributed by atoms with Crippen LogP contribution in [0.2, 0.25) is 0 Å². The molecule has 7 aromatic rings. The first kappa shape index (κ1) is 65.9. The second kappa shape index (κ2) is 25.4. The molecule has 5 heterocycles. The molecule has 0 saturated carbocycles. The lowest BCUT2D eigenvalue weighted by Gasteiger charge is -2.24. The summed E-state index contributed by atoms with van der Waals surface area (Å²) in [5.41, 5.74) is 40.1. The number of hydrogen-bond acceptors (Lipinski definition) is 2. The molecule has 0 amide bonds. The van der Waals surface area contributed by atoms with Gasteiger partial charge >= 0.3 is 0 Å². The summed E-state index contributed by atoms with van der Waals surface area (Å²) in [6.07, 6.45) is 0. The van der Waals surface area contributed by atoms with Gasteiger partial charge in [0.05, 0.1) is 22.8 Å². The van der Waals surface area contributed by atoms with E-state index in [9.17, 15) is 0 Å². The number of fused-ring (bicyclic) bond motifs is 8. The van der Waals surface area contributed by atoms with Crippen molar-refractivity contribution in [1.29, 1.82) is 0 Å². The van der Waals surface area contributed by atoms with E-state index < -0.39 is 0 Å². The minimum absolute atomic E-state index is 0.282. The van der Waals surface area contributed by atoms with Crippen LogP contribution in [-0.2, 0) is 0 Å². The average Bonchev–Trinajstić information content (AvgIpc) is 1.65. The molecule has 4 nitrogen and oxygen atoms in total. The van der Waals surface area contributed by atoms with E-state index in [1.165, 1.54) is 134 Å². The van der Waals surface area contributed by atoms with E-state index in [0.29, 0.717) is 23.7 Å². The van der Waals surface area contributed by atoms with Gasteiger partial charge in [0.1, 0.15) is 0 Å². The van der Waals surface area contributed by atoms with Gasteiger partial charge in [-0.05, 0) is 234 Å². The van der Waals surface area contributed by atoms with Crippen LogP contribution in [0.4, 0.5) is 0 Å². The summed E-state index contributed by atoms with van der Waals surface area (Å²) in [6.45, 7) is 66.2. The molecule has 0 unspecified atom stereocenters. The van der Waals surface area contributed by atoms with Gasteiger partial charge in [0, 0.05) is 44.3 Å². The summed E-state index contributed by atoms with van der Waals surface area (Å²) in [7, 11) is 0. The minimum atomic E-state index is 0.282. The van der Waals surface area contributed by atoms with Gasteiger partial charge in [-0.1, -0.05) is 215 Å². The van der Waals surface area contributed by atoms with Crippen molar-refractivity contribution in [3.63, 3.8) is 0 Å². The van der Waals surface area contributed by atoms with Crippen LogP contribution in [-0.4, -0.2) is 19.9 Å². The van der Waals surface area contributed by atoms with Gasteiger partial charge in [-0.25, -0.2) is 9.97 Å². The van der Waals surface area contributed by atoms with E-state index in [0.717, 1.165) is 44.8 Å². The zero-order valence-electron chi connectivity index (χ0n) is 59.8. The molecule has 4 heteroatoms. The monoisotopic (exact) mass is 1170 g/mol. The van der Waals surface area contributed by atoms with Gasteiger partial charge < -0.3 is 9.97 Å². The van der Waals surface area contributed by atoms with Gasteiger partial charge in [0.2, 0.25) is 0 Å². The smallest absolute Gasteiger partial charge is 0.0739 e. The third-order valence-electron chi connectivity index (χ3n) is 19.8. The summed E-state index contributed by atoms with van der Waals surface area (Å²) >= 11 is 0. The van der Waals surface area contributed by atoms with E-state index >= 15 is 0 Å². The Bertz CT molecular complexity index is 3700. The molecule has 88 heavy (non-hydrogen) atoms. The summed E-state index contributed by atoms with van der Waals surface area (Å²) in [5, 5.41) is 0. The van der Waals surface area contributed by atoms with Crippen molar-refractivity contribution in [2.45, 2.75) is 265 Å². The van der Waals surface area contributed by atoms with Gasteiger partial charge in [-0.2, -0.15) is 0 Å². The second-order valence-electron chi connectivity index (χ2n) is 30.4. The Morgan fingerprint density at radius 2 is 0.432 bits per heavy atom. The van der Waals surface area contributed by atoms with Crippen molar-refractivity contribution in [3.05, 3.63) is 185 Å². The molecule has 2 N–H and O–H groups in total. The maximum Gasteiger partial charge on any atom is 0.0739 e. The Balaban J connectivity index is 1.60. The summed E-state index contributed by atoms with van der Waals surface area (Å²) in [6, 6.07) is 29.8. The molecule has 2 aliphatic rings. The van der Waals surface area contributed by atoms with E-state index in [1.807, 2.05) is 0 Å². The van der Waals surface area contributed by atoms with Crippen LogP contribution in [0.3, 0.4) is 0 Å². The first-order valence-corrected chi connectivity index (χ1v) is 34.1. The molecule has 0 radical (unpaired) electrons. The van der Waals surface area contributed by atoms with E-state index in [1.54, 1.807) is 0 Å². The zero-order valence-corrected chi connectivity index (χ0v) is 59.8. The number of benzene rings is 4. The highest BCUT2D eigenvalue weighted by Gasteiger charge is 2.32. The molecule has 2 aliphatic heterocycles. The number of rotatable bonds is 16. The molecule has 0 saturated heterocycles. The molecule has 0 spiro atoms. The molecule has 9 rings (SSSR count). The quantitative estimate of drug-likeness (QED) is 0.101. The third-order valence-corrected chi connectivity index (χ3v) is 19.8. The largest absolute Gasteiger partial charge is 0.355 e. The van der Waals surface area contributed by atoms with Crippen LogP contribution in [0, 0.1) is 13.8 Å². The van der Waals surface area contributed by atoms with Gasteiger partial charge in [0.25, 0.3) is 0 Å². The summed E-state index contributed by atoms with van der Waals surface area (Å²) in [4.78, 5) is 20.4. The van der Waals surface area contributed by atoms with Gasteiger partial charge in [-0.15, -0.1) is 0 Å². The molecule has 3 aromatic heterocycles. The van der Waals surface area contributed by atoms with Crippen LogP contribution in [0.1, 0.15) is 363 Å². The summed E-state index contributed by atoms with van der Waals surface area (Å²) < 4.78 is 0. The van der Waals surface area contributed by atoms with Crippen molar-refractivity contribution in [3.8, 4) is 22.3 Å². The number of aromatic nitrogens is 4. The minimum Gasteiger partial charge on any atom is -0.355 e. The highest BCUT2D eigenvalue weighted by atomic mass is 14.8. The van der Waals surface area contributed by atoms with Crippen LogP contribution >= 0.6 is 0 Å². The molecule has 0 fully saturated rings. The number of H-pyrrole nitrogens is 2. The van der Waals surface area contributed by atoms with Crippen molar-refractivity contribution in [1.82, 2.24) is 19.9 Å². The van der Waals surface area contributed by atoms with Gasteiger partial charge in [0.15, 0.2) is 0 Å². The second-order valence-corrected chi connectivity index (χ2v) is 30.4. The Hall–Kier alpha value is -6.52. The highest BCUT2D eigenvalue weighted by Crippen LogP contribution is 2.50. The lowest BCUT2D eigenvalue weighted by Crippen LogP contribution is -2.07. The van der Waals surface area contributed by atoms with E-state index in [4.69, 9.17) is 9.97 Å². The maximum absolute atomic E-state index is 5.99. The van der Waals surface area contributed by atoms with Crippen molar-refractivity contribution in [2.24, 2.45) is 0 Å². The fraction of sp³-hybridized carbons (Fsp3) is 0.476. The lowest BCUT2D eigenvalue weighted by atomic mass is 9.79. The standard InChI is InChI=1S/C84H110N4/c1-41(2)57-29-61(45(9)10)81(62(30-57)46(11)12)77-53(25)69-38-74-79(83-65(49(17)18)33-59(43(5)6)34-66(83)50(19)20)55(27)71(87-74)40-76-80(84-67(51(21)22)35-60(44(7)8)36-68(84)52(23)24)56(28)72(88-76)39-75-78(54(26)70(86-75)37-73(77)85-69)82-63(47(13)14)31-58(42(3)4)32-64(82)48(15)16/h29-52,85,88H,1-28H3. The first-order valence-electron chi connectivity index (χ1n) is 34.1. The molecule has 466 valence electrons. The number of allylic oxidation sites excluding steroid dienone is 2. The fourth-order valence-electron chi connectivity index (χ4n) is 14.3. The van der Waals surface area contributed by atoms with E-state index in [2.05, 4.69) is 277 Å². The topological polar surface area (TPSA) is 57.4 Å². The third kappa shape index (κ3) is 12.1. The van der Waals surface area contributed by atoms with Gasteiger partial charge in [-0.3, -0.25) is 0 Å². The molecule has 8 bridgehead atoms. The van der Waals surface area contributed by atoms with Crippen LogP contribution < -0.4 is 0 Å². The lowest BCUT2D eigenvalue weighted by molar-refractivity contribution is 0.799. The predicted molar refractivity (Wildman–Crippen MR) is 386 cm³/mol. The van der Waals surface area contributed by atoms with Crippen LogP contribution in [0.15, 0.2) is 72.8 Å². The number of hydrogen-bond donors (Lipinski definition) is 2. The Morgan fingerprint density at radius 3 is 0.636 bits per heavy atom.